The van der Waals surface area contributed by atoms with Gasteiger partial charge in [-0.05, 0) is 46.6 Å². The van der Waals surface area contributed by atoms with E-state index in [0.717, 1.165) is 30.5 Å². The van der Waals surface area contributed by atoms with E-state index in [9.17, 15) is 18.7 Å². The van der Waals surface area contributed by atoms with Gasteiger partial charge in [-0.1, -0.05) is 12.8 Å². The number of halogens is 2. The Bertz CT molecular complexity index is 1320. The summed E-state index contributed by atoms with van der Waals surface area (Å²) in [5.41, 5.74) is 1.86. The molecule has 1 aliphatic rings. The third kappa shape index (κ3) is 6.81. The SMILES string of the molecule is CC1c2cnc(-c3ncccn3)nc2CCN1c1cc(F)c(F)c(OCCCCCCN(C(=O)O)C(C)(C)C)c1. The molecule has 9 nitrogen and oxygen atoms in total. The van der Waals surface area contributed by atoms with Crippen LogP contribution in [0.1, 0.15) is 70.7 Å². The van der Waals surface area contributed by atoms with E-state index in [1.165, 1.54) is 11.0 Å². The predicted octanol–water partition coefficient (Wildman–Crippen LogP) is 6.05. The van der Waals surface area contributed by atoms with E-state index < -0.39 is 23.3 Å². The average molecular weight is 555 g/mol. The third-order valence-corrected chi connectivity index (χ3v) is 7.06. The van der Waals surface area contributed by atoms with Crippen molar-refractivity contribution in [2.75, 3.05) is 24.6 Å². The fraction of sp³-hybridized carbons (Fsp3) is 0.483. The monoisotopic (exact) mass is 554 g/mol. The maximum Gasteiger partial charge on any atom is 0.407 e. The van der Waals surface area contributed by atoms with Gasteiger partial charge in [0.1, 0.15) is 0 Å². The van der Waals surface area contributed by atoms with Crippen LogP contribution in [-0.4, -0.2) is 61.3 Å². The highest BCUT2D eigenvalue weighted by Gasteiger charge is 2.28. The minimum atomic E-state index is -1.01. The van der Waals surface area contributed by atoms with Gasteiger partial charge in [0.25, 0.3) is 0 Å². The minimum Gasteiger partial charge on any atom is -0.490 e. The van der Waals surface area contributed by atoms with Crippen molar-refractivity contribution in [3.05, 3.63) is 59.7 Å². The zero-order chi connectivity index (χ0) is 28.9. The Labute approximate surface area is 233 Å². The Morgan fingerprint density at radius 2 is 1.82 bits per heavy atom. The topological polar surface area (TPSA) is 105 Å². The lowest BCUT2D eigenvalue weighted by atomic mass is 9.98. The number of aromatic nitrogens is 4. The predicted molar refractivity (Wildman–Crippen MR) is 147 cm³/mol. The zero-order valence-electron chi connectivity index (χ0n) is 23.4. The molecular formula is C29H36F2N6O3. The first-order valence-corrected chi connectivity index (χ1v) is 13.6. The lowest BCUT2D eigenvalue weighted by molar-refractivity contribution is 0.0989. The second-order valence-corrected chi connectivity index (χ2v) is 10.9. The van der Waals surface area contributed by atoms with E-state index >= 15 is 0 Å². The average Bonchev–Trinajstić information content (AvgIpc) is 2.92. The van der Waals surface area contributed by atoms with Crippen LogP contribution in [0, 0.1) is 11.6 Å². The maximum absolute atomic E-state index is 14.6. The molecule has 3 heterocycles. The first kappa shape index (κ1) is 29.1. The number of hydrogen-bond acceptors (Lipinski definition) is 7. The molecule has 0 spiro atoms. The highest BCUT2D eigenvalue weighted by molar-refractivity contribution is 5.65. The molecule has 2 aromatic heterocycles. The number of fused-ring (bicyclic) bond motifs is 1. The molecule has 1 aromatic carbocycles. The number of rotatable bonds is 10. The summed E-state index contributed by atoms with van der Waals surface area (Å²) in [4.78, 5) is 32.4. The van der Waals surface area contributed by atoms with Crippen LogP contribution in [-0.2, 0) is 6.42 Å². The van der Waals surface area contributed by atoms with Crippen LogP contribution in [0.15, 0.2) is 36.8 Å². The van der Waals surface area contributed by atoms with E-state index in [2.05, 4.69) is 19.9 Å². The lowest BCUT2D eigenvalue weighted by Crippen LogP contribution is -2.45. The Kier molecular flexibility index (Phi) is 9.11. The van der Waals surface area contributed by atoms with Crippen molar-refractivity contribution in [2.24, 2.45) is 0 Å². The number of hydrogen-bond donors (Lipinski definition) is 1. The highest BCUT2D eigenvalue weighted by atomic mass is 19.2. The number of carboxylic acid groups (broad SMARTS) is 1. The quantitative estimate of drug-likeness (QED) is 0.302. The fourth-order valence-electron chi connectivity index (χ4n) is 4.89. The third-order valence-electron chi connectivity index (χ3n) is 7.06. The Morgan fingerprint density at radius 3 is 2.52 bits per heavy atom. The molecule has 1 atom stereocenters. The summed E-state index contributed by atoms with van der Waals surface area (Å²) < 4.78 is 34.8. The molecule has 0 radical (unpaired) electrons. The first-order chi connectivity index (χ1) is 19.1. The second kappa shape index (κ2) is 12.5. The summed E-state index contributed by atoms with van der Waals surface area (Å²) in [7, 11) is 0. The van der Waals surface area contributed by atoms with Crippen molar-refractivity contribution in [3.63, 3.8) is 0 Å². The second-order valence-electron chi connectivity index (χ2n) is 10.9. The van der Waals surface area contributed by atoms with E-state index in [0.29, 0.717) is 43.3 Å². The van der Waals surface area contributed by atoms with Gasteiger partial charge in [-0.2, -0.15) is 4.39 Å². The fourth-order valence-corrected chi connectivity index (χ4v) is 4.89. The van der Waals surface area contributed by atoms with Crippen molar-refractivity contribution in [3.8, 4) is 17.4 Å². The van der Waals surface area contributed by atoms with Gasteiger partial charge in [0, 0.05) is 67.0 Å². The summed E-state index contributed by atoms with van der Waals surface area (Å²) in [6.45, 7) is 8.82. The van der Waals surface area contributed by atoms with Gasteiger partial charge >= 0.3 is 6.09 Å². The molecule has 0 saturated heterocycles. The number of nitrogens with zero attached hydrogens (tertiary/aromatic N) is 6. The molecule has 4 rings (SSSR count). The normalized spacial score (nSPS) is 15.1. The van der Waals surface area contributed by atoms with Crippen LogP contribution >= 0.6 is 0 Å². The van der Waals surface area contributed by atoms with Crippen LogP contribution in [0.3, 0.4) is 0 Å². The van der Waals surface area contributed by atoms with Crippen LogP contribution in [0.2, 0.25) is 0 Å². The number of unbranched alkanes of at least 4 members (excludes halogenated alkanes) is 3. The Hall–Kier alpha value is -3.89. The zero-order valence-corrected chi connectivity index (χ0v) is 23.4. The molecule has 11 heteroatoms. The molecule has 0 aliphatic carbocycles. The Balaban J connectivity index is 1.35. The van der Waals surface area contributed by atoms with Gasteiger partial charge < -0.3 is 19.6 Å². The highest BCUT2D eigenvalue weighted by Crippen LogP contribution is 2.36. The standard InChI is InChI=1S/C29H36F2N6O3/c1-19-21-18-34-27(26-32-11-9-12-33-26)35-23(21)10-14-36(19)20-16-22(30)25(31)24(17-20)40-15-8-6-5-7-13-37(28(38)39)29(2,3)4/h9,11-12,16-19H,5-8,10,13-15H2,1-4H3,(H,38,39). The van der Waals surface area contributed by atoms with Crippen LogP contribution in [0.25, 0.3) is 11.6 Å². The minimum absolute atomic E-state index is 0.120. The molecule has 1 unspecified atom stereocenters. The van der Waals surface area contributed by atoms with Gasteiger partial charge in [0.2, 0.25) is 5.82 Å². The summed E-state index contributed by atoms with van der Waals surface area (Å²) in [5.74, 6) is -1.18. The van der Waals surface area contributed by atoms with E-state index in [4.69, 9.17) is 4.74 Å². The summed E-state index contributed by atoms with van der Waals surface area (Å²) in [6.07, 6.45) is 7.67. The first-order valence-electron chi connectivity index (χ1n) is 13.6. The summed E-state index contributed by atoms with van der Waals surface area (Å²) in [5, 5.41) is 9.38. The molecule has 1 N–H and O–H groups in total. The molecule has 0 saturated carbocycles. The maximum atomic E-state index is 14.6. The number of anilines is 1. The van der Waals surface area contributed by atoms with E-state index in [-0.39, 0.29) is 18.4 Å². The summed E-state index contributed by atoms with van der Waals surface area (Å²) in [6, 6.07) is 4.31. The molecule has 0 fully saturated rings. The molecule has 214 valence electrons. The summed E-state index contributed by atoms with van der Waals surface area (Å²) >= 11 is 0. The van der Waals surface area contributed by atoms with Crippen LogP contribution in [0.5, 0.6) is 5.75 Å². The molecule has 0 bridgehead atoms. The van der Waals surface area contributed by atoms with Gasteiger partial charge in [-0.15, -0.1) is 0 Å². The molecule has 40 heavy (non-hydrogen) atoms. The van der Waals surface area contributed by atoms with Gasteiger partial charge in [0.05, 0.1) is 18.3 Å². The number of carbonyl (C=O) groups is 1. The van der Waals surface area contributed by atoms with Crippen molar-refractivity contribution in [2.45, 2.75) is 71.4 Å². The van der Waals surface area contributed by atoms with Crippen molar-refractivity contribution in [1.29, 1.82) is 0 Å². The Morgan fingerprint density at radius 1 is 1.10 bits per heavy atom. The molecule has 1 aliphatic heterocycles. The molecular weight excluding hydrogens is 518 g/mol. The van der Waals surface area contributed by atoms with Gasteiger partial charge in [-0.25, -0.2) is 29.1 Å². The van der Waals surface area contributed by atoms with Crippen molar-refractivity contribution < 1.29 is 23.4 Å². The number of amides is 1. The number of ether oxygens (including phenoxy) is 1. The van der Waals surface area contributed by atoms with Crippen molar-refractivity contribution in [1.82, 2.24) is 24.8 Å². The lowest BCUT2D eigenvalue weighted by Gasteiger charge is -2.36. The smallest absolute Gasteiger partial charge is 0.407 e. The van der Waals surface area contributed by atoms with Crippen LogP contribution < -0.4 is 9.64 Å². The van der Waals surface area contributed by atoms with Gasteiger partial charge in [-0.3, -0.25) is 0 Å². The molecule has 3 aromatic rings. The molecule has 1 amide bonds. The van der Waals surface area contributed by atoms with E-state index in [1.807, 2.05) is 32.6 Å². The number of benzene rings is 1. The van der Waals surface area contributed by atoms with Gasteiger partial charge in [0.15, 0.2) is 23.2 Å². The van der Waals surface area contributed by atoms with E-state index in [1.54, 1.807) is 30.7 Å². The largest absolute Gasteiger partial charge is 0.490 e. The van der Waals surface area contributed by atoms with Crippen LogP contribution in [0.4, 0.5) is 19.3 Å². The van der Waals surface area contributed by atoms with Crippen molar-refractivity contribution >= 4 is 11.8 Å².